The standard InChI is InChI=1S/C11H14O6/c1-4-15-9(12)7-8(10(13)16-5-2)11(14)17-6-3/h5-6,8H,2-4,7H2,1H3. The molecule has 94 valence electrons. The number of ether oxygens (including phenoxy) is 3. The minimum Gasteiger partial charge on any atom is -0.466 e. The number of hydrogen-bond acceptors (Lipinski definition) is 6. The molecule has 0 aliphatic rings. The summed E-state index contributed by atoms with van der Waals surface area (Å²) in [6.07, 6.45) is 1.27. The Kier molecular flexibility index (Phi) is 7.09. The molecule has 0 amide bonds. The van der Waals surface area contributed by atoms with E-state index in [4.69, 9.17) is 0 Å². The van der Waals surface area contributed by atoms with E-state index in [0.717, 1.165) is 12.5 Å². The second-order valence-corrected chi connectivity index (χ2v) is 2.77. The lowest BCUT2D eigenvalue weighted by atomic mass is 10.1. The molecule has 0 aromatic heterocycles. The van der Waals surface area contributed by atoms with Crippen LogP contribution in [0.4, 0.5) is 0 Å². The minimum atomic E-state index is -1.38. The zero-order valence-electron chi connectivity index (χ0n) is 9.51. The first-order valence-electron chi connectivity index (χ1n) is 4.85. The van der Waals surface area contributed by atoms with Gasteiger partial charge in [0.15, 0.2) is 5.92 Å². The Balaban J connectivity index is 4.65. The predicted octanol–water partition coefficient (Wildman–Crippen LogP) is 0.929. The maximum absolute atomic E-state index is 11.4. The molecular formula is C11H14O6. The van der Waals surface area contributed by atoms with Crippen LogP contribution in [0.1, 0.15) is 13.3 Å². The van der Waals surface area contributed by atoms with Crippen molar-refractivity contribution in [3.8, 4) is 0 Å². The topological polar surface area (TPSA) is 78.9 Å². The van der Waals surface area contributed by atoms with Crippen LogP contribution in [0.3, 0.4) is 0 Å². The number of esters is 3. The average molecular weight is 242 g/mol. The Morgan fingerprint density at radius 2 is 1.59 bits per heavy atom. The Morgan fingerprint density at radius 3 is 1.94 bits per heavy atom. The lowest BCUT2D eigenvalue weighted by Crippen LogP contribution is -2.29. The van der Waals surface area contributed by atoms with Crippen LogP contribution >= 0.6 is 0 Å². The molecule has 0 fully saturated rings. The number of hydrogen-bond donors (Lipinski definition) is 0. The average Bonchev–Trinajstić information content (AvgIpc) is 2.26. The van der Waals surface area contributed by atoms with Crippen molar-refractivity contribution in [1.82, 2.24) is 0 Å². The van der Waals surface area contributed by atoms with Crippen molar-refractivity contribution < 1.29 is 28.6 Å². The first-order valence-corrected chi connectivity index (χ1v) is 4.85. The summed E-state index contributed by atoms with van der Waals surface area (Å²) < 4.78 is 13.5. The molecule has 0 N–H and O–H groups in total. The van der Waals surface area contributed by atoms with E-state index in [1.54, 1.807) is 6.92 Å². The molecule has 0 aliphatic carbocycles. The van der Waals surface area contributed by atoms with E-state index in [2.05, 4.69) is 27.4 Å². The lowest BCUT2D eigenvalue weighted by molar-refractivity contribution is -0.161. The first-order chi connectivity index (χ1) is 8.06. The summed E-state index contributed by atoms with van der Waals surface area (Å²) in [5.74, 6) is -3.94. The van der Waals surface area contributed by atoms with Crippen LogP contribution in [0.5, 0.6) is 0 Å². The Hall–Kier alpha value is -2.11. The molecule has 0 radical (unpaired) electrons. The van der Waals surface area contributed by atoms with Crippen LogP contribution in [0.25, 0.3) is 0 Å². The van der Waals surface area contributed by atoms with E-state index in [1.807, 2.05) is 0 Å². The quantitative estimate of drug-likeness (QED) is 0.286. The smallest absolute Gasteiger partial charge is 0.325 e. The highest BCUT2D eigenvalue weighted by molar-refractivity contribution is 5.98. The van der Waals surface area contributed by atoms with E-state index >= 15 is 0 Å². The van der Waals surface area contributed by atoms with E-state index in [1.165, 1.54) is 0 Å². The van der Waals surface area contributed by atoms with Crippen molar-refractivity contribution in [1.29, 1.82) is 0 Å². The van der Waals surface area contributed by atoms with Crippen molar-refractivity contribution >= 4 is 17.9 Å². The molecule has 0 rings (SSSR count). The van der Waals surface area contributed by atoms with Crippen molar-refractivity contribution in [2.45, 2.75) is 13.3 Å². The van der Waals surface area contributed by atoms with Gasteiger partial charge in [0.2, 0.25) is 0 Å². The second-order valence-electron chi connectivity index (χ2n) is 2.77. The van der Waals surface area contributed by atoms with Gasteiger partial charge in [-0.1, -0.05) is 13.2 Å². The summed E-state index contributed by atoms with van der Waals surface area (Å²) in [5.41, 5.74) is 0. The fourth-order valence-corrected chi connectivity index (χ4v) is 0.978. The first kappa shape index (κ1) is 14.9. The molecule has 0 heterocycles. The van der Waals surface area contributed by atoms with Crippen LogP contribution in [0.2, 0.25) is 0 Å². The molecule has 0 bridgehead atoms. The monoisotopic (exact) mass is 242 g/mol. The molecule has 0 saturated heterocycles. The van der Waals surface area contributed by atoms with Crippen LogP contribution in [0.15, 0.2) is 25.7 Å². The number of carbonyl (C=O) groups is 3. The molecule has 6 nitrogen and oxygen atoms in total. The van der Waals surface area contributed by atoms with Crippen LogP contribution < -0.4 is 0 Å². The van der Waals surface area contributed by atoms with Crippen molar-refractivity contribution in [2.24, 2.45) is 5.92 Å². The van der Waals surface area contributed by atoms with E-state index < -0.39 is 30.2 Å². The highest BCUT2D eigenvalue weighted by Crippen LogP contribution is 2.10. The Morgan fingerprint density at radius 1 is 1.12 bits per heavy atom. The molecule has 0 unspecified atom stereocenters. The van der Waals surface area contributed by atoms with Gasteiger partial charge in [-0.25, -0.2) is 0 Å². The molecule has 0 saturated carbocycles. The molecule has 0 aromatic rings. The maximum Gasteiger partial charge on any atom is 0.325 e. The largest absolute Gasteiger partial charge is 0.466 e. The third kappa shape index (κ3) is 5.50. The predicted molar refractivity (Wildman–Crippen MR) is 57.3 cm³/mol. The van der Waals surface area contributed by atoms with Crippen LogP contribution in [-0.4, -0.2) is 24.5 Å². The van der Waals surface area contributed by atoms with E-state index in [9.17, 15) is 14.4 Å². The second kappa shape index (κ2) is 8.09. The number of rotatable bonds is 7. The highest BCUT2D eigenvalue weighted by atomic mass is 16.6. The minimum absolute atomic E-state index is 0.151. The van der Waals surface area contributed by atoms with Crippen molar-refractivity contribution in [3.63, 3.8) is 0 Å². The van der Waals surface area contributed by atoms with Crippen molar-refractivity contribution in [2.75, 3.05) is 6.61 Å². The molecule has 0 aliphatic heterocycles. The van der Waals surface area contributed by atoms with Crippen LogP contribution in [-0.2, 0) is 28.6 Å². The van der Waals surface area contributed by atoms with Gasteiger partial charge in [0.25, 0.3) is 0 Å². The lowest BCUT2D eigenvalue weighted by Gasteiger charge is -2.11. The molecule has 0 spiro atoms. The van der Waals surface area contributed by atoms with Gasteiger partial charge in [-0.2, -0.15) is 0 Å². The summed E-state index contributed by atoms with van der Waals surface area (Å²) in [5, 5.41) is 0. The number of carbonyl (C=O) groups excluding carboxylic acids is 3. The SMILES string of the molecule is C=COC(=O)C(CC(=O)OCC)C(=O)OC=C. The zero-order valence-corrected chi connectivity index (χ0v) is 9.51. The highest BCUT2D eigenvalue weighted by Gasteiger charge is 2.32. The van der Waals surface area contributed by atoms with Gasteiger partial charge >= 0.3 is 17.9 Å². The third-order valence-electron chi connectivity index (χ3n) is 1.64. The molecule has 17 heavy (non-hydrogen) atoms. The molecule has 0 atom stereocenters. The molecule has 6 heteroatoms. The Labute approximate surface area is 98.8 Å². The summed E-state index contributed by atoms with van der Waals surface area (Å²) in [6.45, 7) is 8.10. The summed E-state index contributed by atoms with van der Waals surface area (Å²) in [6, 6.07) is 0. The van der Waals surface area contributed by atoms with E-state index in [-0.39, 0.29) is 6.61 Å². The summed E-state index contributed by atoms with van der Waals surface area (Å²) in [7, 11) is 0. The van der Waals surface area contributed by atoms with Gasteiger partial charge in [0.1, 0.15) is 0 Å². The van der Waals surface area contributed by atoms with Gasteiger partial charge in [0.05, 0.1) is 25.6 Å². The van der Waals surface area contributed by atoms with Crippen molar-refractivity contribution in [3.05, 3.63) is 25.7 Å². The molecule has 0 aromatic carbocycles. The van der Waals surface area contributed by atoms with Crippen LogP contribution in [0, 0.1) is 5.92 Å². The fraction of sp³-hybridized carbons (Fsp3) is 0.364. The third-order valence-corrected chi connectivity index (χ3v) is 1.64. The van der Waals surface area contributed by atoms with Gasteiger partial charge < -0.3 is 14.2 Å². The van der Waals surface area contributed by atoms with Gasteiger partial charge in [-0.05, 0) is 6.92 Å². The molecular weight excluding hydrogens is 228 g/mol. The van der Waals surface area contributed by atoms with Gasteiger partial charge in [-0.3, -0.25) is 14.4 Å². The maximum atomic E-state index is 11.4. The van der Waals surface area contributed by atoms with E-state index in [0.29, 0.717) is 0 Å². The summed E-state index contributed by atoms with van der Waals surface area (Å²) >= 11 is 0. The normalized spacial score (nSPS) is 9.29. The van der Waals surface area contributed by atoms with Gasteiger partial charge in [0, 0.05) is 0 Å². The zero-order chi connectivity index (χ0) is 13.3. The Bertz CT molecular complexity index is 298. The van der Waals surface area contributed by atoms with Gasteiger partial charge in [-0.15, -0.1) is 0 Å². The fourth-order valence-electron chi connectivity index (χ4n) is 0.978. The summed E-state index contributed by atoms with van der Waals surface area (Å²) in [4.78, 5) is 33.9.